The highest BCUT2D eigenvalue weighted by Crippen LogP contribution is 2.20. The lowest BCUT2D eigenvalue weighted by atomic mass is 10.1. The largest absolute Gasteiger partial charge is 0.383 e. The van der Waals surface area contributed by atoms with Crippen LogP contribution in [0.5, 0.6) is 0 Å². The molecule has 0 saturated heterocycles. The quantitative estimate of drug-likeness (QED) is 0.878. The molecule has 0 aliphatic carbocycles. The third kappa shape index (κ3) is 2.74. The molecule has 1 aromatic heterocycles. The molecule has 1 N–H and O–H groups in total. The van der Waals surface area contributed by atoms with Crippen LogP contribution in [-0.2, 0) is 18.3 Å². The smallest absolute Gasteiger partial charge is 0.0639 e. The van der Waals surface area contributed by atoms with Crippen LogP contribution in [0.1, 0.15) is 19.4 Å². The lowest BCUT2D eigenvalue weighted by Crippen LogP contribution is -2.42. The average molecular weight is 246 g/mol. The van der Waals surface area contributed by atoms with Gasteiger partial charge in [0.15, 0.2) is 0 Å². The number of hydrogen-bond acceptors (Lipinski definition) is 2. The molecule has 0 fully saturated rings. The number of fused-ring (bicyclic) bond motifs is 1. The third-order valence-electron chi connectivity index (χ3n) is 3.24. The van der Waals surface area contributed by atoms with Crippen LogP contribution in [0.25, 0.3) is 10.9 Å². The summed E-state index contributed by atoms with van der Waals surface area (Å²) in [4.78, 5) is 0. The lowest BCUT2D eigenvalue weighted by Gasteiger charge is -2.25. The number of para-hydroxylation sites is 1. The Labute approximate surface area is 109 Å². The van der Waals surface area contributed by atoms with Crippen molar-refractivity contribution in [3.05, 3.63) is 36.0 Å². The van der Waals surface area contributed by atoms with Crippen LogP contribution < -0.4 is 5.32 Å². The van der Waals surface area contributed by atoms with E-state index in [4.69, 9.17) is 4.74 Å². The monoisotopic (exact) mass is 246 g/mol. The molecule has 3 heteroatoms. The second-order valence-electron chi connectivity index (χ2n) is 5.45. The standard InChI is InChI=1S/C15H22N2O/c1-15(2,11-18-4)16-9-12-10-17(3)14-8-6-5-7-13(12)14/h5-8,10,16H,9,11H2,1-4H3. The number of nitrogens with one attached hydrogen (secondary N) is 1. The van der Waals surface area contributed by atoms with Crippen LogP contribution in [0, 0.1) is 0 Å². The summed E-state index contributed by atoms with van der Waals surface area (Å²) in [5.41, 5.74) is 2.60. The minimum Gasteiger partial charge on any atom is -0.383 e. The molecule has 1 heterocycles. The average Bonchev–Trinajstić information content (AvgIpc) is 2.65. The maximum atomic E-state index is 5.22. The second kappa shape index (κ2) is 5.12. The molecule has 0 amide bonds. The van der Waals surface area contributed by atoms with Crippen molar-refractivity contribution < 1.29 is 4.74 Å². The number of ether oxygens (including phenoxy) is 1. The van der Waals surface area contributed by atoms with Crippen LogP contribution in [0.3, 0.4) is 0 Å². The summed E-state index contributed by atoms with van der Waals surface area (Å²) in [5, 5.41) is 4.86. The first-order valence-electron chi connectivity index (χ1n) is 6.30. The van der Waals surface area contributed by atoms with Gasteiger partial charge in [-0.2, -0.15) is 0 Å². The van der Waals surface area contributed by atoms with Gasteiger partial charge in [0.05, 0.1) is 6.61 Å². The first-order chi connectivity index (χ1) is 8.53. The molecule has 2 aromatic rings. The van der Waals surface area contributed by atoms with Crippen molar-refractivity contribution in [1.82, 2.24) is 9.88 Å². The second-order valence-corrected chi connectivity index (χ2v) is 5.45. The van der Waals surface area contributed by atoms with Crippen LogP contribution in [0.15, 0.2) is 30.5 Å². The molecule has 98 valence electrons. The predicted octanol–water partition coefficient (Wildman–Crippen LogP) is 2.69. The number of benzene rings is 1. The first-order valence-corrected chi connectivity index (χ1v) is 6.30. The summed E-state index contributed by atoms with van der Waals surface area (Å²) in [6, 6.07) is 8.50. The Balaban J connectivity index is 2.17. The number of aromatic nitrogens is 1. The molecular formula is C15H22N2O. The molecule has 0 aliphatic rings. The van der Waals surface area contributed by atoms with Gasteiger partial charge in [0.2, 0.25) is 0 Å². The molecule has 1 aromatic carbocycles. The topological polar surface area (TPSA) is 26.2 Å². The molecular weight excluding hydrogens is 224 g/mol. The van der Waals surface area contributed by atoms with Gasteiger partial charge in [-0.05, 0) is 25.5 Å². The minimum atomic E-state index is -0.00824. The van der Waals surface area contributed by atoms with E-state index in [1.807, 2.05) is 0 Å². The molecule has 0 bridgehead atoms. The number of hydrogen-bond donors (Lipinski definition) is 1. The van der Waals surface area contributed by atoms with Crippen molar-refractivity contribution in [2.24, 2.45) is 7.05 Å². The Hall–Kier alpha value is -1.32. The van der Waals surface area contributed by atoms with Gasteiger partial charge in [-0.1, -0.05) is 18.2 Å². The zero-order valence-corrected chi connectivity index (χ0v) is 11.7. The van der Waals surface area contributed by atoms with Crippen molar-refractivity contribution in [2.75, 3.05) is 13.7 Å². The van der Waals surface area contributed by atoms with Crippen LogP contribution in [-0.4, -0.2) is 23.8 Å². The van der Waals surface area contributed by atoms with Gasteiger partial charge >= 0.3 is 0 Å². The van der Waals surface area contributed by atoms with Crippen molar-refractivity contribution in [1.29, 1.82) is 0 Å². The maximum Gasteiger partial charge on any atom is 0.0639 e. The Kier molecular flexibility index (Phi) is 3.73. The van der Waals surface area contributed by atoms with E-state index < -0.39 is 0 Å². The van der Waals surface area contributed by atoms with Crippen molar-refractivity contribution in [3.8, 4) is 0 Å². The third-order valence-corrected chi connectivity index (χ3v) is 3.24. The van der Waals surface area contributed by atoms with Gasteiger partial charge < -0.3 is 14.6 Å². The molecule has 2 rings (SSSR count). The first kappa shape index (κ1) is 13.1. The van der Waals surface area contributed by atoms with E-state index in [1.165, 1.54) is 16.5 Å². The van der Waals surface area contributed by atoms with Crippen molar-refractivity contribution >= 4 is 10.9 Å². The summed E-state index contributed by atoms with van der Waals surface area (Å²) in [7, 11) is 3.83. The van der Waals surface area contributed by atoms with E-state index in [-0.39, 0.29) is 5.54 Å². The molecule has 0 saturated carbocycles. The number of methoxy groups -OCH3 is 1. The summed E-state index contributed by atoms with van der Waals surface area (Å²) in [6.07, 6.45) is 2.19. The fraction of sp³-hybridized carbons (Fsp3) is 0.467. The van der Waals surface area contributed by atoms with E-state index in [9.17, 15) is 0 Å². The van der Waals surface area contributed by atoms with Crippen LogP contribution in [0.2, 0.25) is 0 Å². The van der Waals surface area contributed by atoms with Crippen LogP contribution in [0.4, 0.5) is 0 Å². The molecule has 3 nitrogen and oxygen atoms in total. The summed E-state index contributed by atoms with van der Waals surface area (Å²) in [6.45, 7) is 5.87. The predicted molar refractivity (Wildman–Crippen MR) is 75.7 cm³/mol. The number of rotatable bonds is 5. The lowest BCUT2D eigenvalue weighted by molar-refractivity contribution is 0.128. The molecule has 0 radical (unpaired) electrons. The fourth-order valence-electron chi connectivity index (χ4n) is 2.31. The van der Waals surface area contributed by atoms with E-state index in [0.29, 0.717) is 6.61 Å². The van der Waals surface area contributed by atoms with Gasteiger partial charge in [-0.25, -0.2) is 0 Å². The fourth-order valence-corrected chi connectivity index (χ4v) is 2.31. The highest BCUT2D eigenvalue weighted by molar-refractivity contribution is 5.83. The minimum absolute atomic E-state index is 0.00824. The number of nitrogens with zero attached hydrogens (tertiary/aromatic N) is 1. The Morgan fingerprint density at radius 1 is 1.28 bits per heavy atom. The molecule has 0 unspecified atom stereocenters. The van der Waals surface area contributed by atoms with Gasteiger partial charge in [-0.3, -0.25) is 0 Å². The van der Waals surface area contributed by atoms with E-state index in [1.54, 1.807) is 7.11 Å². The summed E-state index contributed by atoms with van der Waals surface area (Å²) in [5.74, 6) is 0. The summed E-state index contributed by atoms with van der Waals surface area (Å²) >= 11 is 0. The van der Waals surface area contributed by atoms with Crippen LogP contribution >= 0.6 is 0 Å². The van der Waals surface area contributed by atoms with E-state index >= 15 is 0 Å². The molecule has 0 spiro atoms. The van der Waals surface area contributed by atoms with Gasteiger partial charge in [-0.15, -0.1) is 0 Å². The highest BCUT2D eigenvalue weighted by atomic mass is 16.5. The van der Waals surface area contributed by atoms with Gasteiger partial charge in [0.25, 0.3) is 0 Å². The highest BCUT2D eigenvalue weighted by Gasteiger charge is 2.17. The Morgan fingerprint density at radius 2 is 2.00 bits per heavy atom. The zero-order chi connectivity index (χ0) is 13.2. The molecule has 0 atom stereocenters. The maximum absolute atomic E-state index is 5.22. The molecule has 0 aliphatic heterocycles. The van der Waals surface area contributed by atoms with Gasteiger partial charge in [0.1, 0.15) is 0 Å². The van der Waals surface area contributed by atoms with E-state index in [2.05, 4.69) is 61.2 Å². The van der Waals surface area contributed by atoms with Crippen molar-refractivity contribution in [3.63, 3.8) is 0 Å². The number of aryl methyl sites for hydroxylation is 1. The zero-order valence-electron chi connectivity index (χ0n) is 11.7. The molecule has 18 heavy (non-hydrogen) atoms. The van der Waals surface area contributed by atoms with Gasteiger partial charge in [0, 0.05) is 43.3 Å². The Bertz CT molecular complexity index is 528. The van der Waals surface area contributed by atoms with Crippen molar-refractivity contribution in [2.45, 2.75) is 25.9 Å². The SMILES string of the molecule is COCC(C)(C)NCc1cn(C)c2ccccc12. The Morgan fingerprint density at radius 3 is 2.72 bits per heavy atom. The van der Waals surface area contributed by atoms with E-state index in [0.717, 1.165) is 6.54 Å². The normalized spacial score (nSPS) is 12.2. The summed E-state index contributed by atoms with van der Waals surface area (Å²) < 4.78 is 7.40.